The monoisotopic (exact) mass is 566 g/mol. The Morgan fingerprint density at radius 1 is 1.26 bits per heavy atom. The van der Waals surface area contributed by atoms with Crippen LogP contribution in [0, 0.1) is 11.3 Å². The van der Waals surface area contributed by atoms with Crippen molar-refractivity contribution in [3.63, 3.8) is 0 Å². The summed E-state index contributed by atoms with van der Waals surface area (Å²) in [4.78, 5) is 5.34. The number of nitrogens with one attached hydrogen (secondary N) is 2. The van der Waals surface area contributed by atoms with Crippen molar-refractivity contribution >= 4 is 28.8 Å². The zero-order valence-electron chi connectivity index (χ0n) is 22.6. The van der Waals surface area contributed by atoms with Crippen molar-refractivity contribution in [3.05, 3.63) is 69.2 Å². The standard InChI is InChI=1S/C27H37ClF2N4OS.C2H4/c1-18(26(29)30)16-24-19(5-6-21-7-8-25(28)36-21)4-3-12-34(24)27(31)22-17-33(2)13-9-23(22)32-20-10-14-35-15-11-20;1-2/h5,7-8,16,18,20,26,31-32H,3-4,6,9-15,17H2,1-2H3;1-2H2/b19-5-,24-16+,31-27?;. The van der Waals surface area contributed by atoms with Crippen molar-refractivity contribution in [1.29, 1.82) is 5.41 Å². The lowest BCUT2D eigenvalue weighted by Gasteiger charge is -2.39. The van der Waals surface area contributed by atoms with E-state index in [1.807, 2.05) is 17.0 Å². The number of hydrogen-bond donors (Lipinski definition) is 2. The molecule has 1 aromatic rings. The molecule has 5 nitrogen and oxygen atoms in total. The van der Waals surface area contributed by atoms with E-state index in [1.54, 1.807) is 13.0 Å². The number of likely N-dealkylation sites (tertiary alicyclic amines) is 1. The highest BCUT2D eigenvalue weighted by atomic mass is 35.5. The molecule has 0 radical (unpaired) electrons. The molecule has 4 rings (SSSR count). The van der Waals surface area contributed by atoms with E-state index in [2.05, 4.69) is 36.5 Å². The van der Waals surface area contributed by atoms with Gasteiger partial charge in [-0.25, -0.2) is 8.78 Å². The predicted octanol–water partition coefficient (Wildman–Crippen LogP) is 6.89. The van der Waals surface area contributed by atoms with E-state index < -0.39 is 12.3 Å². The minimum Gasteiger partial charge on any atom is -0.385 e. The molecule has 1 unspecified atom stereocenters. The molecule has 2 N–H and O–H groups in total. The van der Waals surface area contributed by atoms with Crippen LogP contribution >= 0.6 is 22.9 Å². The average molecular weight is 567 g/mol. The van der Waals surface area contributed by atoms with Gasteiger partial charge in [0.1, 0.15) is 5.84 Å². The normalized spacial score (nSPS) is 22.5. The smallest absolute Gasteiger partial charge is 0.244 e. The Labute approximate surface area is 235 Å². The summed E-state index contributed by atoms with van der Waals surface area (Å²) >= 11 is 7.64. The molecule has 38 heavy (non-hydrogen) atoms. The van der Waals surface area contributed by atoms with E-state index in [1.165, 1.54) is 11.3 Å². The Morgan fingerprint density at radius 3 is 2.66 bits per heavy atom. The van der Waals surface area contributed by atoms with Crippen LogP contribution in [0.3, 0.4) is 0 Å². The predicted molar refractivity (Wildman–Crippen MR) is 155 cm³/mol. The topological polar surface area (TPSA) is 51.6 Å². The molecule has 9 heteroatoms. The third-order valence-corrected chi connectivity index (χ3v) is 8.39. The maximum atomic E-state index is 13.6. The second-order valence-electron chi connectivity index (χ2n) is 9.96. The third kappa shape index (κ3) is 8.25. The van der Waals surface area contributed by atoms with E-state index in [-0.39, 0.29) is 0 Å². The number of piperidine rings is 1. The summed E-state index contributed by atoms with van der Waals surface area (Å²) in [6.07, 6.45) is 6.53. The van der Waals surface area contributed by atoms with Gasteiger partial charge < -0.3 is 19.9 Å². The summed E-state index contributed by atoms with van der Waals surface area (Å²) in [5.74, 6) is -0.468. The fourth-order valence-corrected chi connectivity index (χ4v) is 6.07. The molecule has 0 spiro atoms. The Kier molecular flexibility index (Phi) is 12.0. The molecule has 0 amide bonds. The lowest BCUT2D eigenvalue weighted by molar-refractivity contribution is 0.0798. The number of amidine groups is 1. The van der Waals surface area contributed by atoms with Gasteiger partial charge >= 0.3 is 0 Å². The van der Waals surface area contributed by atoms with Crippen LogP contribution in [0.2, 0.25) is 4.34 Å². The van der Waals surface area contributed by atoms with Gasteiger partial charge in [0, 0.05) is 79.5 Å². The highest BCUT2D eigenvalue weighted by molar-refractivity contribution is 7.16. The molecule has 210 valence electrons. The van der Waals surface area contributed by atoms with Crippen LogP contribution in [0.4, 0.5) is 8.78 Å². The van der Waals surface area contributed by atoms with Crippen LogP contribution in [-0.2, 0) is 11.2 Å². The molecule has 1 aromatic heterocycles. The number of rotatable bonds is 7. The molecule has 3 aliphatic rings. The van der Waals surface area contributed by atoms with Crippen LogP contribution < -0.4 is 5.32 Å². The van der Waals surface area contributed by atoms with E-state index in [0.717, 1.165) is 83.6 Å². The van der Waals surface area contributed by atoms with E-state index in [4.69, 9.17) is 16.3 Å². The molecular formula is C29H41ClF2N4OS. The van der Waals surface area contributed by atoms with Crippen molar-refractivity contribution in [3.8, 4) is 0 Å². The zero-order valence-corrected chi connectivity index (χ0v) is 24.2. The highest BCUT2D eigenvalue weighted by Crippen LogP contribution is 2.33. The van der Waals surface area contributed by atoms with Gasteiger partial charge in [-0.2, -0.15) is 0 Å². The van der Waals surface area contributed by atoms with Crippen molar-refractivity contribution in [2.24, 2.45) is 5.92 Å². The summed E-state index contributed by atoms with van der Waals surface area (Å²) in [6.45, 7) is 11.3. The fourth-order valence-electron chi connectivity index (χ4n) is 5.02. The Bertz CT molecular complexity index is 1030. The molecule has 0 saturated carbocycles. The van der Waals surface area contributed by atoms with Crippen molar-refractivity contribution in [2.45, 2.75) is 57.9 Å². The van der Waals surface area contributed by atoms with Gasteiger partial charge in [-0.15, -0.1) is 24.5 Å². The summed E-state index contributed by atoms with van der Waals surface area (Å²) in [5.41, 5.74) is 3.88. The SMILES string of the molecule is C=C.CC(/C=C1\C(=C/Cc2ccc(Cl)s2)CCCN1C(=N)C1=C(NC2CCOCC2)CCN(C)C1)C(F)F. The van der Waals surface area contributed by atoms with Crippen molar-refractivity contribution in [2.75, 3.05) is 39.9 Å². The van der Waals surface area contributed by atoms with Gasteiger partial charge in [0.2, 0.25) is 6.43 Å². The number of nitrogens with zero attached hydrogens (tertiary/aromatic N) is 2. The number of allylic oxidation sites excluding steroid dienone is 3. The molecule has 1 atom stereocenters. The molecule has 0 bridgehead atoms. The molecular weight excluding hydrogens is 526 g/mol. The number of alkyl halides is 2. The van der Waals surface area contributed by atoms with Gasteiger partial charge in [-0.3, -0.25) is 5.41 Å². The van der Waals surface area contributed by atoms with Crippen LogP contribution in [0.15, 0.2) is 60.0 Å². The van der Waals surface area contributed by atoms with Gasteiger partial charge in [0.25, 0.3) is 0 Å². The second kappa shape index (κ2) is 15.0. The first kappa shape index (κ1) is 30.5. The van der Waals surface area contributed by atoms with Crippen LogP contribution in [-0.4, -0.2) is 68.0 Å². The van der Waals surface area contributed by atoms with Crippen LogP contribution in [0.5, 0.6) is 0 Å². The van der Waals surface area contributed by atoms with E-state index in [9.17, 15) is 14.2 Å². The van der Waals surface area contributed by atoms with E-state index >= 15 is 0 Å². The molecule has 0 aromatic carbocycles. The van der Waals surface area contributed by atoms with E-state index in [0.29, 0.717) is 31.4 Å². The van der Waals surface area contributed by atoms with Crippen molar-refractivity contribution < 1.29 is 13.5 Å². The number of hydrogen-bond acceptors (Lipinski definition) is 5. The first-order chi connectivity index (χ1) is 18.3. The fraction of sp³-hybridized carbons (Fsp3) is 0.552. The Hall–Kier alpha value is -2.00. The number of ether oxygens (including phenoxy) is 1. The number of likely N-dealkylation sites (N-methyl/N-ethyl adjacent to an activating group) is 1. The maximum absolute atomic E-state index is 13.6. The number of halogens is 3. The van der Waals surface area contributed by atoms with Crippen LogP contribution in [0.25, 0.3) is 0 Å². The molecule has 3 aliphatic heterocycles. The summed E-state index contributed by atoms with van der Waals surface area (Å²) in [7, 11) is 2.07. The number of thiophene rings is 1. The maximum Gasteiger partial charge on any atom is 0.244 e. The first-order valence-corrected chi connectivity index (χ1v) is 14.6. The van der Waals surface area contributed by atoms with Gasteiger partial charge in [-0.1, -0.05) is 30.7 Å². The minimum absolute atomic E-state index is 0.350. The quantitative estimate of drug-likeness (QED) is 0.214. The van der Waals surface area contributed by atoms with Crippen LogP contribution in [0.1, 0.15) is 43.9 Å². The molecule has 2 saturated heterocycles. The summed E-state index contributed by atoms with van der Waals surface area (Å²) in [6, 6.07) is 4.25. The molecule has 0 aliphatic carbocycles. The third-order valence-electron chi connectivity index (χ3n) is 7.14. The largest absolute Gasteiger partial charge is 0.385 e. The van der Waals surface area contributed by atoms with Gasteiger partial charge in [-0.05, 0) is 50.4 Å². The first-order valence-electron chi connectivity index (χ1n) is 13.4. The summed E-state index contributed by atoms with van der Waals surface area (Å²) in [5, 5.41) is 13.0. The van der Waals surface area contributed by atoms with Gasteiger partial charge in [0.05, 0.1) is 4.34 Å². The minimum atomic E-state index is -2.45. The second-order valence-corrected chi connectivity index (χ2v) is 11.8. The zero-order chi connectivity index (χ0) is 27.7. The Morgan fingerprint density at radius 2 is 2.00 bits per heavy atom. The Balaban J connectivity index is 0.00000195. The van der Waals surface area contributed by atoms with Crippen molar-refractivity contribution in [1.82, 2.24) is 15.1 Å². The van der Waals surface area contributed by atoms with Gasteiger partial charge in [0.15, 0.2) is 0 Å². The average Bonchev–Trinajstić information content (AvgIpc) is 3.35. The summed E-state index contributed by atoms with van der Waals surface area (Å²) < 4.78 is 33.5. The molecule has 2 fully saturated rings. The lowest BCUT2D eigenvalue weighted by atomic mass is 9.94. The molecule has 4 heterocycles. The highest BCUT2D eigenvalue weighted by Gasteiger charge is 2.30. The lowest BCUT2D eigenvalue weighted by Crippen LogP contribution is -2.44.